The van der Waals surface area contributed by atoms with E-state index in [9.17, 15) is 9.00 Å². The van der Waals surface area contributed by atoms with Crippen LogP contribution < -0.4 is 14.8 Å². The lowest BCUT2D eigenvalue weighted by Gasteiger charge is -2.14. The van der Waals surface area contributed by atoms with Gasteiger partial charge in [-0.05, 0) is 42.4 Å². The molecule has 2 aromatic carbocycles. The molecule has 0 aliphatic heterocycles. The number of rotatable bonds is 3. The highest BCUT2D eigenvalue weighted by atomic mass is 32.2. The van der Waals surface area contributed by atoms with Gasteiger partial charge < -0.3 is 4.74 Å². The van der Waals surface area contributed by atoms with Gasteiger partial charge in [0.05, 0.1) is 9.71 Å². The van der Waals surface area contributed by atoms with Crippen LogP contribution in [0.15, 0.2) is 65.6 Å². The lowest BCUT2D eigenvalue weighted by Crippen LogP contribution is -2.43. The second-order valence-electron chi connectivity index (χ2n) is 4.25. The Kier molecular flexibility index (Phi) is 5.13. The molecule has 0 fully saturated rings. The van der Waals surface area contributed by atoms with Gasteiger partial charge in [0.15, 0.2) is 5.11 Å². The first kappa shape index (κ1) is 16.0. The van der Waals surface area contributed by atoms with E-state index in [1.807, 2.05) is 0 Å². The molecular weight excluding hydrogens is 320 g/mol. The second-order valence-corrected chi connectivity index (χ2v) is 6.68. The number of benzene rings is 2. The largest absolute Gasteiger partial charge is 0.418 e. The van der Waals surface area contributed by atoms with Gasteiger partial charge in [-0.3, -0.25) is 10.0 Å². The number of amides is 1. The molecule has 5 nitrogen and oxygen atoms in total. The first-order valence-corrected chi connectivity index (χ1v) is 8.39. The molecule has 0 radical (unpaired) electrons. The van der Waals surface area contributed by atoms with Crippen molar-refractivity contribution in [3.63, 3.8) is 0 Å². The molecule has 0 spiro atoms. The third kappa shape index (κ3) is 4.57. The quantitative estimate of drug-likeness (QED) is 0.846. The molecular formula is C15H14N2O3S2. The van der Waals surface area contributed by atoms with E-state index in [2.05, 4.69) is 15.9 Å². The minimum Gasteiger partial charge on any atom is -0.410 e. The molecule has 2 N–H and O–H groups in total. The van der Waals surface area contributed by atoms with E-state index >= 15 is 0 Å². The molecule has 0 aliphatic rings. The summed E-state index contributed by atoms with van der Waals surface area (Å²) in [6.07, 6.45) is -0.771. The monoisotopic (exact) mass is 334 g/mol. The molecule has 1 unspecified atom stereocenters. The van der Waals surface area contributed by atoms with Gasteiger partial charge in [0, 0.05) is 4.90 Å². The minimum atomic E-state index is -2.84. The highest BCUT2D eigenvalue weighted by molar-refractivity contribution is 8.00. The molecule has 0 aromatic heterocycles. The van der Waals surface area contributed by atoms with Crippen LogP contribution in [0.1, 0.15) is 0 Å². The number of thiocarbonyl (C=S) groups is 1. The number of carbonyl (C=O) groups excluding carboxylic acids is 1. The lowest BCUT2D eigenvalue weighted by molar-refractivity contribution is 0.206. The van der Waals surface area contributed by atoms with Crippen LogP contribution >= 0.6 is 12.2 Å². The number of nitrogens with one attached hydrogen (secondary N) is 2. The number of hydrogen-bond acceptors (Lipinski definition) is 4. The molecule has 2 rings (SSSR count). The molecule has 0 saturated heterocycles. The van der Waals surface area contributed by atoms with Crippen LogP contribution in [0.4, 0.5) is 4.79 Å². The average molecular weight is 334 g/mol. The summed E-state index contributed by atoms with van der Waals surface area (Å²) in [5.74, 6) is 3.98. The third-order valence-corrected chi connectivity index (χ3v) is 4.45. The highest BCUT2D eigenvalue weighted by Crippen LogP contribution is 2.09. The zero-order valence-corrected chi connectivity index (χ0v) is 13.2. The van der Waals surface area contributed by atoms with E-state index in [0.29, 0.717) is 10.6 Å². The SMILES string of the molecule is C=S(=O)(NC(=S)NC(=O)Oc1ccccc1)c1ccccc1. The first-order valence-electron chi connectivity index (χ1n) is 6.25. The summed E-state index contributed by atoms with van der Waals surface area (Å²) in [5.41, 5.74) is 0. The van der Waals surface area contributed by atoms with E-state index in [1.165, 1.54) is 0 Å². The first-order chi connectivity index (χ1) is 10.5. The Morgan fingerprint density at radius 1 is 1.05 bits per heavy atom. The number of hydrogen-bond donors (Lipinski definition) is 2. The minimum absolute atomic E-state index is 0.121. The number of para-hydroxylation sites is 1. The van der Waals surface area contributed by atoms with Crippen molar-refractivity contribution in [1.82, 2.24) is 10.0 Å². The average Bonchev–Trinajstić information content (AvgIpc) is 2.48. The number of carbonyl (C=O) groups is 1. The summed E-state index contributed by atoms with van der Waals surface area (Å²) >= 11 is 4.95. The van der Waals surface area contributed by atoms with Crippen LogP contribution in [-0.4, -0.2) is 21.3 Å². The Balaban J connectivity index is 1.94. The molecule has 0 heterocycles. The topological polar surface area (TPSA) is 67.4 Å². The molecule has 0 bridgehead atoms. The van der Waals surface area contributed by atoms with Crippen LogP contribution in [-0.2, 0) is 9.71 Å². The maximum Gasteiger partial charge on any atom is 0.418 e. The highest BCUT2D eigenvalue weighted by Gasteiger charge is 2.12. The van der Waals surface area contributed by atoms with Gasteiger partial charge in [0.25, 0.3) is 0 Å². The van der Waals surface area contributed by atoms with Crippen LogP contribution in [0.2, 0.25) is 0 Å². The van der Waals surface area contributed by atoms with E-state index in [1.54, 1.807) is 60.7 Å². The van der Waals surface area contributed by atoms with Crippen LogP contribution in [0.5, 0.6) is 5.75 Å². The molecule has 0 saturated carbocycles. The maximum absolute atomic E-state index is 12.4. The normalized spacial score (nSPS) is 12.7. The Bertz CT molecular complexity index is 760. The Morgan fingerprint density at radius 3 is 2.18 bits per heavy atom. The molecule has 0 aliphatic carbocycles. The van der Waals surface area contributed by atoms with Crippen molar-refractivity contribution >= 4 is 39.0 Å². The van der Waals surface area contributed by atoms with Crippen LogP contribution in [0.3, 0.4) is 0 Å². The Labute approximate surface area is 134 Å². The molecule has 1 atom stereocenters. The van der Waals surface area contributed by atoms with E-state index in [4.69, 9.17) is 17.0 Å². The van der Waals surface area contributed by atoms with Gasteiger partial charge in [-0.15, -0.1) is 0 Å². The van der Waals surface area contributed by atoms with Crippen molar-refractivity contribution in [1.29, 1.82) is 0 Å². The van der Waals surface area contributed by atoms with Crippen molar-refractivity contribution in [2.24, 2.45) is 0 Å². The van der Waals surface area contributed by atoms with E-state index in [0.717, 1.165) is 0 Å². The Morgan fingerprint density at radius 2 is 1.59 bits per heavy atom. The number of ether oxygens (including phenoxy) is 1. The van der Waals surface area contributed by atoms with E-state index in [-0.39, 0.29) is 5.11 Å². The standard InChI is InChI=1S/C15H14N2O3S2/c1-22(19,13-10-6-3-7-11-13)17-14(21)16-15(18)20-12-8-4-2-5-9-12/h2-11H,1H2,(H2,16,17,18,19,21). The molecule has 1 amide bonds. The maximum atomic E-state index is 12.4. The summed E-state index contributed by atoms with van der Waals surface area (Å²) in [6, 6.07) is 17.1. The Hall–Kier alpha value is -2.38. The summed E-state index contributed by atoms with van der Waals surface area (Å²) in [6.45, 7) is 0. The van der Waals surface area contributed by atoms with E-state index < -0.39 is 15.8 Å². The van der Waals surface area contributed by atoms with Crippen LogP contribution in [0, 0.1) is 0 Å². The van der Waals surface area contributed by atoms with Gasteiger partial charge in [-0.25, -0.2) is 9.00 Å². The van der Waals surface area contributed by atoms with Crippen molar-refractivity contribution in [2.45, 2.75) is 4.90 Å². The summed E-state index contributed by atoms with van der Waals surface area (Å²) < 4.78 is 20.0. The van der Waals surface area contributed by atoms with Gasteiger partial charge >= 0.3 is 6.09 Å². The molecule has 7 heteroatoms. The summed E-state index contributed by atoms with van der Waals surface area (Å²) in [5, 5.41) is 2.17. The lowest BCUT2D eigenvalue weighted by atomic mass is 10.3. The zero-order chi connectivity index (χ0) is 16.0. The van der Waals surface area contributed by atoms with Gasteiger partial charge in [0.2, 0.25) is 0 Å². The van der Waals surface area contributed by atoms with Gasteiger partial charge in [0.1, 0.15) is 5.75 Å². The zero-order valence-electron chi connectivity index (χ0n) is 11.5. The predicted molar refractivity (Wildman–Crippen MR) is 91.3 cm³/mol. The van der Waals surface area contributed by atoms with Gasteiger partial charge in [-0.1, -0.05) is 36.4 Å². The molecule has 114 valence electrons. The summed E-state index contributed by atoms with van der Waals surface area (Å²) in [4.78, 5) is 12.2. The molecule has 22 heavy (non-hydrogen) atoms. The smallest absolute Gasteiger partial charge is 0.410 e. The fraction of sp³-hybridized carbons (Fsp3) is 0. The predicted octanol–water partition coefficient (Wildman–Crippen LogP) is 2.34. The van der Waals surface area contributed by atoms with Crippen molar-refractivity contribution in [3.8, 4) is 5.75 Å². The second kappa shape index (κ2) is 7.06. The molecule has 2 aromatic rings. The van der Waals surface area contributed by atoms with Crippen LogP contribution in [0.25, 0.3) is 0 Å². The van der Waals surface area contributed by atoms with Crippen molar-refractivity contribution < 1.29 is 13.7 Å². The van der Waals surface area contributed by atoms with Gasteiger partial charge in [-0.2, -0.15) is 0 Å². The van der Waals surface area contributed by atoms with Crippen molar-refractivity contribution in [2.75, 3.05) is 0 Å². The fourth-order valence-electron chi connectivity index (χ4n) is 1.59. The van der Waals surface area contributed by atoms with Crippen molar-refractivity contribution in [3.05, 3.63) is 60.7 Å². The fourth-order valence-corrected chi connectivity index (χ4v) is 3.14. The summed E-state index contributed by atoms with van der Waals surface area (Å²) in [7, 11) is -2.84. The third-order valence-electron chi connectivity index (χ3n) is 2.55.